The van der Waals surface area contributed by atoms with Crippen molar-refractivity contribution in [3.8, 4) is 0 Å². The standard InChI is InChI=1S/C11H13NO/c1-2-5-10(6-3-1)9-13-11-7-4-8-12-11/h1-3,5-7,12H,4,8-9H2. The molecule has 1 N–H and O–H groups in total. The van der Waals surface area contributed by atoms with Crippen molar-refractivity contribution in [2.24, 2.45) is 0 Å². The van der Waals surface area contributed by atoms with Crippen LogP contribution in [-0.2, 0) is 11.3 Å². The lowest BCUT2D eigenvalue weighted by atomic mass is 10.2. The Hall–Kier alpha value is -1.44. The van der Waals surface area contributed by atoms with Gasteiger partial charge in [0.15, 0.2) is 5.88 Å². The first-order valence-electron chi connectivity index (χ1n) is 4.56. The van der Waals surface area contributed by atoms with Crippen LogP contribution in [0.2, 0.25) is 0 Å². The second kappa shape index (κ2) is 3.99. The molecule has 1 aromatic carbocycles. The van der Waals surface area contributed by atoms with Gasteiger partial charge in [0.05, 0.1) is 0 Å². The highest BCUT2D eigenvalue weighted by atomic mass is 16.5. The van der Waals surface area contributed by atoms with Crippen LogP contribution < -0.4 is 5.32 Å². The van der Waals surface area contributed by atoms with Crippen molar-refractivity contribution in [2.45, 2.75) is 13.0 Å². The lowest BCUT2D eigenvalue weighted by Gasteiger charge is -2.07. The van der Waals surface area contributed by atoms with Crippen molar-refractivity contribution in [1.82, 2.24) is 5.32 Å². The average Bonchev–Trinajstić information content (AvgIpc) is 2.69. The zero-order valence-corrected chi connectivity index (χ0v) is 7.49. The highest BCUT2D eigenvalue weighted by Gasteiger charge is 2.03. The summed E-state index contributed by atoms with van der Waals surface area (Å²) in [6.45, 7) is 1.66. The van der Waals surface area contributed by atoms with Gasteiger partial charge in [-0.15, -0.1) is 0 Å². The fourth-order valence-electron chi connectivity index (χ4n) is 1.32. The molecule has 0 radical (unpaired) electrons. The normalized spacial score (nSPS) is 14.9. The first-order chi connectivity index (χ1) is 6.45. The molecular formula is C11H13NO. The van der Waals surface area contributed by atoms with E-state index in [4.69, 9.17) is 4.74 Å². The van der Waals surface area contributed by atoms with E-state index in [9.17, 15) is 0 Å². The molecule has 0 aromatic heterocycles. The van der Waals surface area contributed by atoms with E-state index >= 15 is 0 Å². The monoisotopic (exact) mass is 175 g/mol. The molecule has 68 valence electrons. The first-order valence-corrected chi connectivity index (χ1v) is 4.56. The van der Waals surface area contributed by atoms with Crippen LogP contribution in [0.1, 0.15) is 12.0 Å². The molecule has 0 atom stereocenters. The number of rotatable bonds is 3. The van der Waals surface area contributed by atoms with Crippen molar-refractivity contribution >= 4 is 0 Å². The summed E-state index contributed by atoms with van der Waals surface area (Å²) < 4.78 is 5.54. The maximum atomic E-state index is 5.54. The van der Waals surface area contributed by atoms with Gasteiger partial charge >= 0.3 is 0 Å². The van der Waals surface area contributed by atoms with Crippen molar-refractivity contribution < 1.29 is 4.74 Å². The van der Waals surface area contributed by atoms with Gasteiger partial charge in [0.1, 0.15) is 6.61 Å². The molecule has 1 aliphatic rings. The third kappa shape index (κ3) is 2.25. The Balaban J connectivity index is 1.86. The van der Waals surface area contributed by atoms with Crippen LogP contribution in [0.3, 0.4) is 0 Å². The molecule has 0 unspecified atom stereocenters. The quantitative estimate of drug-likeness (QED) is 0.759. The Morgan fingerprint density at radius 2 is 2.08 bits per heavy atom. The summed E-state index contributed by atoms with van der Waals surface area (Å²) in [6, 6.07) is 10.2. The zero-order chi connectivity index (χ0) is 8.93. The van der Waals surface area contributed by atoms with E-state index in [2.05, 4.69) is 23.5 Å². The molecule has 0 amide bonds. The maximum absolute atomic E-state index is 5.54. The molecule has 0 fully saturated rings. The Morgan fingerprint density at radius 3 is 2.77 bits per heavy atom. The van der Waals surface area contributed by atoms with Gasteiger partial charge in [-0.05, 0) is 18.1 Å². The largest absolute Gasteiger partial charge is 0.475 e. The minimum absolute atomic E-state index is 0.652. The third-order valence-corrected chi connectivity index (χ3v) is 2.01. The van der Waals surface area contributed by atoms with Gasteiger partial charge in [-0.25, -0.2) is 0 Å². The fourth-order valence-corrected chi connectivity index (χ4v) is 1.32. The second-order valence-corrected chi connectivity index (χ2v) is 3.06. The Labute approximate surface area is 78.2 Å². The lowest BCUT2D eigenvalue weighted by molar-refractivity contribution is 0.183. The molecule has 0 saturated heterocycles. The van der Waals surface area contributed by atoms with E-state index in [1.807, 2.05) is 18.2 Å². The molecule has 2 heteroatoms. The highest BCUT2D eigenvalue weighted by molar-refractivity contribution is 5.14. The molecule has 0 bridgehead atoms. The predicted molar refractivity (Wildman–Crippen MR) is 51.9 cm³/mol. The number of hydrogen-bond donors (Lipinski definition) is 1. The second-order valence-electron chi connectivity index (χ2n) is 3.06. The molecule has 0 aliphatic carbocycles. The van der Waals surface area contributed by atoms with Crippen LogP contribution in [0.4, 0.5) is 0 Å². The van der Waals surface area contributed by atoms with Crippen LogP contribution in [0.25, 0.3) is 0 Å². The van der Waals surface area contributed by atoms with Crippen molar-refractivity contribution in [2.75, 3.05) is 6.54 Å². The van der Waals surface area contributed by atoms with Gasteiger partial charge in [0.2, 0.25) is 0 Å². The van der Waals surface area contributed by atoms with Gasteiger partial charge in [0.25, 0.3) is 0 Å². The summed E-state index contributed by atoms with van der Waals surface area (Å²) in [5, 5.41) is 3.17. The number of benzene rings is 1. The van der Waals surface area contributed by atoms with Crippen LogP contribution in [0.5, 0.6) is 0 Å². The molecule has 2 nitrogen and oxygen atoms in total. The van der Waals surface area contributed by atoms with E-state index in [1.54, 1.807) is 0 Å². The van der Waals surface area contributed by atoms with E-state index < -0.39 is 0 Å². The van der Waals surface area contributed by atoms with E-state index in [1.165, 1.54) is 5.56 Å². The summed E-state index contributed by atoms with van der Waals surface area (Å²) >= 11 is 0. The number of ether oxygens (including phenoxy) is 1. The molecule has 1 aliphatic heterocycles. The summed E-state index contributed by atoms with van der Waals surface area (Å²) in [5.41, 5.74) is 1.21. The van der Waals surface area contributed by atoms with Gasteiger partial charge < -0.3 is 10.1 Å². The number of nitrogens with one attached hydrogen (secondary N) is 1. The van der Waals surface area contributed by atoms with Crippen LogP contribution in [-0.4, -0.2) is 6.54 Å². The van der Waals surface area contributed by atoms with Crippen LogP contribution in [0.15, 0.2) is 42.3 Å². The molecule has 13 heavy (non-hydrogen) atoms. The predicted octanol–water partition coefficient (Wildman–Crippen LogP) is 2.04. The van der Waals surface area contributed by atoms with Crippen molar-refractivity contribution in [3.05, 3.63) is 47.9 Å². The molecule has 0 saturated carbocycles. The summed E-state index contributed by atoms with van der Waals surface area (Å²) in [6.07, 6.45) is 3.16. The molecule has 1 aromatic rings. The van der Waals surface area contributed by atoms with Gasteiger partial charge in [0, 0.05) is 6.54 Å². The summed E-state index contributed by atoms with van der Waals surface area (Å²) in [7, 11) is 0. The molecule has 0 spiro atoms. The van der Waals surface area contributed by atoms with Gasteiger partial charge in [-0.2, -0.15) is 0 Å². The Kier molecular flexibility index (Phi) is 2.51. The van der Waals surface area contributed by atoms with Crippen molar-refractivity contribution in [1.29, 1.82) is 0 Å². The smallest absolute Gasteiger partial charge is 0.182 e. The minimum atomic E-state index is 0.652. The van der Waals surface area contributed by atoms with E-state index in [0.717, 1.165) is 18.8 Å². The average molecular weight is 175 g/mol. The molecule has 2 rings (SSSR count). The molecular weight excluding hydrogens is 162 g/mol. The van der Waals surface area contributed by atoms with Crippen LogP contribution >= 0.6 is 0 Å². The Bertz CT molecular complexity index is 292. The molecule has 1 heterocycles. The summed E-state index contributed by atoms with van der Waals surface area (Å²) in [4.78, 5) is 0. The lowest BCUT2D eigenvalue weighted by Crippen LogP contribution is -2.10. The maximum Gasteiger partial charge on any atom is 0.182 e. The van der Waals surface area contributed by atoms with E-state index in [-0.39, 0.29) is 0 Å². The van der Waals surface area contributed by atoms with Crippen LogP contribution in [0, 0.1) is 0 Å². The number of hydrogen-bond acceptors (Lipinski definition) is 2. The fraction of sp³-hybridized carbons (Fsp3) is 0.273. The van der Waals surface area contributed by atoms with Gasteiger partial charge in [-0.3, -0.25) is 0 Å². The highest BCUT2D eigenvalue weighted by Crippen LogP contribution is 2.07. The Morgan fingerprint density at radius 1 is 1.23 bits per heavy atom. The minimum Gasteiger partial charge on any atom is -0.475 e. The third-order valence-electron chi connectivity index (χ3n) is 2.01. The SMILES string of the molecule is C1=C(OCc2ccccc2)NCC1. The van der Waals surface area contributed by atoms with Gasteiger partial charge in [-0.1, -0.05) is 30.3 Å². The summed E-state index contributed by atoms with van der Waals surface area (Å²) in [5.74, 6) is 0.920. The first kappa shape index (κ1) is 8.17. The topological polar surface area (TPSA) is 21.3 Å². The zero-order valence-electron chi connectivity index (χ0n) is 7.49. The van der Waals surface area contributed by atoms with Crippen molar-refractivity contribution in [3.63, 3.8) is 0 Å². The van der Waals surface area contributed by atoms with E-state index in [0.29, 0.717) is 6.61 Å².